The Kier molecular flexibility index (Phi) is 5.53. The third kappa shape index (κ3) is 4.55. The molecular weight excluding hydrogens is 212 g/mol. The van der Waals surface area contributed by atoms with Crippen molar-refractivity contribution < 1.29 is 9.53 Å². The number of nitrogens with zero attached hydrogens (tertiary/aromatic N) is 1. The fraction of sp³-hybridized carbons (Fsp3) is 0.800. The number of carbonyl (C=O) groups is 1. The Hall–Kier alpha value is -0.710. The first-order valence-electron chi connectivity index (χ1n) is 5.28. The van der Waals surface area contributed by atoms with Crippen LogP contribution in [0.4, 0.5) is 0 Å². The zero-order chi connectivity index (χ0) is 11.1. The van der Waals surface area contributed by atoms with E-state index in [0.717, 1.165) is 11.7 Å². The fourth-order valence-electron chi connectivity index (χ4n) is 1.36. The first-order chi connectivity index (χ1) is 7.26. The van der Waals surface area contributed by atoms with Crippen molar-refractivity contribution in [3.05, 3.63) is 0 Å². The lowest BCUT2D eigenvalue weighted by Gasteiger charge is -2.07. The van der Waals surface area contributed by atoms with E-state index in [4.69, 9.17) is 0 Å². The van der Waals surface area contributed by atoms with Crippen LogP contribution in [-0.2, 0) is 9.53 Å². The number of carbonyl (C=O) groups excluding carboxylic acids is 1. The van der Waals surface area contributed by atoms with Crippen LogP contribution in [0.5, 0.6) is 0 Å². The molecule has 0 aromatic rings. The normalized spacial score (nSPS) is 19.9. The molecule has 5 heteroatoms. The number of methoxy groups -OCH3 is 1. The van der Waals surface area contributed by atoms with Gasteiger partial charge in [-0.3, -0.25) is 9.79 Å². The maximum absolute atomic E-state index is 10.8. The van der Waals surface area contributed by atoms with Gasteiger partial charge in [-0.1, -0.05) is 25.1 Å². The Balaban J connectivity index is 2.11. The van der Waals surface area contributed by atoms with Gasteiger partial charge in [0, 0.05) is 11.8 Å². The summed E-state index contributed by atoms with van der Waals surface area (Å²) in [6, 6.07) is 0. The molecule has 1 atom stereocenters. The van der Waals surface area contributed by atoms with Crippen LogP contribution in [0, 0.1) is 0 Å². The number of esters is 1. The van der Waals surface area contributed by atoms with Crippen LogP contribution in [0.2, 0.25) is 0 Å². The molecule has 1 rings (SSSR count). The van der Waals surface area contributed by atoms with Crippen LogP contribution in [0.1, 0.15) is 26.2 Å². The predicted octanol–water partition coefficient (Wildman–Crippen LogP) is 1.41. The van der Waals surface area contributed by atoms with Gasteiger partial charge in [-0.15, -0.1) is 0 Å². The highest BCUT2D eigenvalue weighted by Crippen LogP contribution is 2.23. The maximum Gasteiger partial charge on any atom is 0.307 e. The van der Waals surface area contributed by atoms with Crippen LogP contribution in [0.25, 0.3) is 0 Å². The summed E-state index contributed by atoms with van der Waals surface area (Å²) < 4.78 is 4.55. The third-order valence-corrected chi connectivity index (χ3v) is 3.38. The highest BCUT2D eigenvalue weighted by Gasteiger charge is 2.18. The van der Waals surface area contributed by atoms with Crippen molar-refractivity contribution in [3.63, 3.8) is 0 Å². The van der Waals surface area contributed by atoms with Gasteiger partial charge in [0.05, 0.1) is 20.1 Å². The van der Waals surface area contributed by atoms with Crippen molar-refractivity contribution in [1.82, 2.24) is 5.32 Å². The molecule has 0 amide bonds. The average molecular weight is 230 g/mol. The second-order valence-corrected chi connectivity index (χ2v) is 4.72. The molecule has 0 aromatic carbocycles. The second-order valence-electron chi connectivity index (χ2n) is 3.43. The number of hydrogen-bond donors (Lipinski definition) is 1. The fourth-order valence-corrected chi connectivity index (χ4v) is 2.51. The van der Waals surface area contributed by atoms with E-state index in [-0.39, 0.29) is 5.97 Å². The molecule has 1 heterocycles. The summed E-state index contributed by atoms with van der Waals surface area (Å²) in [5, 5.41) is 4.74. The number of hydrogen-bond acceptors (Lipinski definition) is 5. The quantitative estimate of drug-likeness (QED) is 0.726. The van der Waals surface area contributed by atoms with E-state index in [0.29, 0.717) is 18.2 Å². The van der Waals surface area contributed by atoms with Crippen molar-refractivity contribution in [1.29, 1.82) is 0 Å². The van der Waals surface area contributed by atoms with Gasteiger partial charge in [0.1, 0.15) is 0 Å². The van der Waals surface area contributed by atoms with Gasteiger partial charge >= 0.3 is 5.97 Å². The summed E-state index contributed by atoms with van der Waals surface area (Å²) >= 11 is 1.78. The molecule has 1 aliphatic rings. The van der Waals surface area contributed by atoms with Gasteiger partial charge < -0.3 is 10.1 Å². The highest BCUT2D eigenvalue weighted by molar-refractivity contribution is 8.14. The summed E-state index contributed by atoms with van der Waals surface area (Å²) in [6.07, 6.45) is 2.80. The summed E-state index contributed by atoms with van der Waals surface area (Å²) in [6.45, 7) is 3.69. The molecule has 0 fully saturated rings. The Bertz CT molecular complexity index is 244. The Morgan fingerprint density at radius 2 is 2.53 bits per heavy atom. The number of rotatable bonds is 5. The minimum Gasteiger partial charge on any atom is -0.469 e. The monoisotopic (exact) mass is 230 g/mol. The number of aliphatic imine (C=N–C) groups is 1. The molecule has 0 saturated heterocycles. The van der Waals surface area contributed by atoms with E-state index in [1.54, 1.807) is 11.8 Å². The van der Waals surface area contributed by atoms with Gasteiger partial charge in [-0.25, -0.2) is 0 Å². The smallest absolute Gasteiger partial charge is 0.307 e. The standard InChI is InChI=1S/C10H18N2O2S/c1-3-4-8-7-12-10(15-8)11-6-5-9(13)14-2/h8H,3-7H2,1-2H3,(H,11,12). The summed E-state index contributed by atoms with van der Waals surface area (Å²) in [5.41, 5.74) is 0. The molecule has 86 valence electrons. The van der Waals surface area contributed by atoms with Crippen molar-refractivity contribution in [2.24, 2.45) is 4.99 Å². The van der Waals surface area contributed by atoms with Gasteiger partial charge in [0.2, 0.25) is 0 Å². The molecule has 0 spiro atoms. The van der Waals surface area contributed by atoms with Crippen LogP contribution in [-0.4, -0.2) is 36.6 Å². The summed E-state index contributed by atoms with van der Waals surface area (Å²) in [5.74, 6) is -0.184. The molecule has 1 aliphatic heterocycles. The van der Waals surface area contributed by atoms with E-state index < -0.39 is 0 Å². The number of nitrogens with one attached hydrogen (secondary N) is 1. The minimum atomic E-state index is -0.184. The molecule has 0 aromatic heterocycles. The van der Waals surface area contributed by atoms with E-state index >= 15 is 0 Å². The van der Waals surface area contributed by atoms with Crippen molar-refractivity contribution >= 4 is 22.9 Å². The summed E-state index contributed by atoms with van der Waals surface area (Å²) in [7, 11) is 1.40. The molecule has 0 saturated carbocycles. The van der Waals surface area contributed by atoms with Crippen LogP contribution in [0.3, 0.4) is 0 Å². The van der Waals surface area contributed by atoms with Crippen LogP contribution >= 0.6 is 11.8 Å². The average Bonchev–Trinajstić information content (AvgIpc) is 2.66. The third-order valence-electron chi connectivity index (χ3n) is 2.16. The van der Waals surface area contributed by atoms with Crippen molar-refractivity contribution in [2.75, 3.05) is 20.2 Å². The minimum absolute atomic E-state index is 0.184. The number of thioether (sulfide) groups is 1. The van der Waals surface area contributed by atoms with Gasteiger partial charge in [-0.05, 0) is 6.42 Å². The van der Waals surface area contributed by atoms with Gasteiger partial charge in [0.25, 0.3) is 0 Å². The molecule has 1 N–H and O–H groups in total. The van der Waals surface area contributed by atoms with Crippen LogP contribution < -0.4 is 5.32 Å². The maximum atomic E-state index is 10.8. The lowest BCUT2D eigenvalue weighted by molar-refractivity contribution is -0.140. The van der Waals surface area contributed by atoms with Gasteiger partial charge in [0.15, 0.2) is 5.17 Å². The molecule has 1 unspecified atom stereocenters. The number of ether oxygens (including phenoxy) is 1. The van der Waals surface area contributed by atoms with E-state index in [9.17, 15) is 4.79 Å². The van der Waals surface area contributed by atoms with E-state index in [1.807, 2.05) is 0 Å². The lowest BCUT2D eigenvalue weighted by Crippen LogP contribution is -2.23. The molecule has 0 aliphatic carbocycles. The lowest BCUT2D eigenvalue weighted by atomic mass is 10.2. The first kappa shape index (κ1) is 12.4. The Morgan fingerprint density at radius 1 is 1.73 bits per heavy atom. The first-order valence-corrected chi connectivity index (χ1v) is 6.16. The predicted molar refractivity (Wildman–Crippen MR) is 63.2 cm³/mol. The highest BCUT2D eigenvalue weighted by atomic mass is 32.2. The largest absolute Gasteiger partial charge is 0.469 e. The molecule has 4 nitrogen and oxygen atoms in total. The number of amidine groups is 1. The van der Waals surface area contributed by atoms with Crippen molar-refractivity contribution in [3.8, 4) is 0 Å². The molecule has 15 heavy (non-hydrogen) atoms. The Morgan fingerprint density at radius 3 is 3.20 bits per heavy atom. The van der Waals surface area contributed by atoms with E-state index in [1.165, 1.54) is 20.0 Å². The van der Waals surface area contributed by atoms with E-state index in [2.05, 4.69) is 22.0 Å². The Labute approximate surface area is 94.9 Å². The van der Waals surface area contributed by atoms with Gasteiger partial charge in [-0.2, -0.15) is 0 Å². The van der Waals surface area contributed by atoms with Crippen molar-refractivity contribution in [2.45, 2.75) is 31.4 Å². The topological polar surface area (TPSA) is 50.7 Å². The zero-order valence-corrected chi connectivity index (χ0v) is 10.1. The SMILES string of the molecule is CCCC1CN=C(NCCC(=O)OC)S1. The molecule has 0 bridgehead atoms. The molecular formula is C10H18N2O2S. The zero-order valence-electron chi connectivity index (χ0n) is 9.28. The second kappa shape index (κ2) is 6.71. The molecule has 0 radical (unpaired) electrons. The summed E-state index contributed by atoms with van der Waals surface area (Å²) in [4.78, 5) is 15.2. The van der Waals surface area contributed by atoms with Crippen LogP contribution in [0.15, 0.2) is 4.99 Å².